The molecule has 0 heterocycles. The maximum absolute atomic E-state index is 12.4. The molecular weight excluding hydrogens is 371 g/mol. The summed E-state index contributed by atoms with van der Waals surface area (Å²) >= 11 is 12.3. The fourth-order valence-corrected chi connectivity index (χ4v) is 2.77. The monoisotopic (exact) mass is 386 g/mol. The number of hydrogen-bond acceptors (Lipinski definition) is 3. The van der Waals surface area contributed by atoms with Crippen molar-refractivity contribution in [2.24, 2.45) is 0 Å². The highest BCUT2D eigenvalue weighted by Gasteiger charge is 2.13. The van der Waals surface area contributed by atoms with E-state index in [1.54, 1.807) is 30.3 Å². The number of nitrogens with one attached hydrogen (secondary N) is 1. The first-order valence-corrected chi connectivity index (χ1v) is 8.43. The van der Waals surface area contributed by atoms with E-state index in [1.165, 1.54) is 6.08 Å². The number of anilines is 1. The van der Waals surface area contributed by atoms with Gasteiger partial charge in [0.1, 0.15) is 18.2 Å². The van der Waals surface area contributed by atoms with E-state index in [0.717, 1.165) is 5.56 Å². The number of ether oxygens (including phenoxy) is 1. The molecule has 0 aromatic heterocycles. The molecule has 0 saturated heterocycles. The smallest absolute Gasteiger partial charge is 0.266 e. The van der Waals surface area contributed by atoms with E-state index in [1.807, 2.05) is 25.1 Å². The molecule has 132 valence electrons. The fraction of sp³-hybridized carbons (Fsp3) is 0.100. The number of rotatable bonds is 6. The highest BCUT2D eigenvalue weighted by atomic mass is 35.5. The Morgan fingerprint density at radius 2 is 1.96 bits per heavy atom. The summed E-state index contributed by atoms with van der Waals surface area (Å²) in [5.41, 5.74) is 1.98. The summed E-state index contributed by atoms with van der Waals surface area (Å²) < 4.78 is 5.40. The Labute approximate surface area is 162 Å². The molecule has 4 nitrogen and oxygen atoms in total. The van der Waals surface area contributed by atoms with E-state index in [9.17, 15) is 10.1 Å². The summed E-state index contributed by atoms with van der Waals surface area (Å²) in [5, 5.41) is 12.6. The van der Waals surface area contributed by atoms with Crippen LogP contribution in [0.15, 0.2) is 54.6 Å². The molecule has 0 aliphatic rings. The van der Waals surface area contributed by atoms with Gasteiger partial charge in [0.25, 0.3) is 5.91 Å². The van der Waals surface area contributed by atoms with E-state index in [4.69, 9.17) is 27.9 Å². The van der Waals surface area contributed by atoms with Crippen molar-refractivity contribution in [3.8, 4) is 11.8 Å². The van der Waals surface area contributed by atoms with Gasteiger partial charge in [-0.1, -0.05) is 54.1 Å². The molecule has 0 spiro atoms. The molecule has 2 rings (SSSR count). The average molecular weight is 387 g/mol. The van der Waals surface area contributed by atoms with Gasteiger partial charge in [-0.05, 0) is 42.3 Å². The Morgan fingerprint density at radius 1 is 1.31 bits per heavy atom. The van der Waals surface area contributed by atoms with Gasteiger partial charge < -0.3 is 10.1 Å². The Morgan fingerprint density at radius 3 is 2.54 bits per heavy atom. The van der Waals surface area contributed by atoms with Crippen molar-refractivity contribution in [1.82, 2.24) is 0 Å². The normalized spacial score (nSPS) is 10.8. The van der Waals surface area contributed by atoms with Crippen molar-refractivity contribution in [3.63, 3.8) is 0 Å². The predicted octanol–water partition coefficient (Wildman–Crippen LogP) is 5.41. The summed E-state index contributed by atoms with van der Waals surface area (Å²) in [6.07, 6.45) is 2.99. The van der Waals surface area contributed by atoms with Crippen LogP contribution in [0.5, 0.6) is 5.75 Å². The number of aryl methyl sites for hydroxylation is 1. The van der Waals surface area contributed by atoms with Gasteiger partial charge in [-0.15, -0.1) is 0 Å². The zero-order chi connectivity index (χ0) is 19.1. The second-order valence-corrected chi connectivity index (χ2v) is 6.17. The Hall–Kier alpha value is -2.74. The standard InChI is InChI=1S/C20H16Cl2N2O2/c1-3-8-26-19-16(21)10-14(11-17(19)22)9-15(12-23)20(25)24-18-7-5-4-6-13(18)2/h3-7,9-11H,1,8H2,2H3,(H,24,25)/b15-9-. The SMILES string of the molecule is C=CCOc1c(Cl)cc(/C=C(/C#N)C(=O)Nc2ccccc2C)cc1Cl. The molecular formula is C20H16Cl2N2O2. The lowest BCUT2D eigenvalue weighted by molar-refractivity contribution is -0.112. The third-order valence-electron chi connectivity index (χ3n) is 3.44. The lowest BCUT2D eigenvalue weighted by Gasteiger charge is -2.10. The molecule has 1 amide bonds. The van der Waals surface area contributed by atoms with Crippen molar-refractivity contribution >= 4 is 40.9 Å². The van der Waals surface area contributed by atoms with Gasteiger partial charge in [-0.2, -0.15) is 5.26 Å². The van der Waals surface area contributed by atoms with Crippen LogP contribution < -0.4 is 10.1 Å². The summed E-state index contributed by atoms with van der Waals surface area (Å²) in [7, 11) is 0. The van der Waals surface area contributed by atoms with E-state index < -0.39 is 5.91 Å². The van der Waals surface area contributed by atoms with Crippen molar-refractivity contribution in [2.45, 2.75) is 6.92 Å². The van der Waals surface area contributed by atoms with Crippen LogP contribution in [0.2, 0.25) is 10.0 Å². The van der Waals surface area contributed by atoms with Gasteiger partial charge in [0, 0.05) is 5.69 Å². The van der Waals surface area contributed by atoms with Crippen LogP contribution in [0.3, 0.4) is 0 Å². The number of halogens is 2. The lowest BCUT2D eigenvalue weighted by Crippen LogP contribution is -2.14. The van der Waals surface area contributed by atoms with Crippen molar-refractivity contribution in [3.05, 3.63) is 75.8 Å². The average Bonchev–Trinajstić information content (AvgIpc) is 2.61. The summed E-state index contributed by atoms with van der Waals surface area (Å²) in [4.78, 5) is 12.4. The molecule has 0 aliphatic heterocycles. The molecule has 1 N–H and O–H groups in total. The second-order valence-electron chi connectivity index (χ2n) is 5.35. The van der Waals surface area contributed by atoms with Crippen molar-refractivity contribution in [1.29, 1.82) is 5.26 Å². The van der Waals surface area contributed by atoms with Crippen LogP contribution in [0.1, 0.15) is 11.1 Å². The minimum Gasteiger partial charge on any atom is -0.486 e. The van der Waals surface area contributed by atoms with Gasteiger partial charge in [0.2, 0.25) is 0 Å². The maximum Gasteiger partial charge on any atom is 0.266 e. The van der Waals surface area contributed by atoms with Gasteiger partial charge in [-0.3, -0.25) is 4.79 Å². The Bertz CT molecular complexity index is 891. The van der Waals surface area contributed by atoms with E-state index in [0.29, 0.717) is 17.0 Å². The predicted molar refractivity (Wildman–Crippen MR) is 106 cm³/mol. The number of hydrogen-bond donors (Lipinski definition) is 1. The first kappa shape index (κ1) is 19.6. The summed E-state index contributed by atoms with van der Waals surface area (Å²) in [5.74, 6) is -0.186. The second kappa shape index (κ2) is 9.10. The van der Waals surface area contributed by atoms with Crippen LogP contribution >= 0.6 is 23.2 Å². The largest absolute Gasteiger partial charge is 0.486 e. The molecule has 0 unspecified atom stereocenters. The molecule has 2 aromatic rings. The van der Waals surface area contributed by atoms with Gasteiger partial charge in [-0.25, -0.2) is 0 Å². The van der Waals surface area contributed by atoms with Crippen molar-refractivity contribution in [2.75, 3.05) is 11.9 Å². The molecule has 0 bridgehead atoms. The van der Waals surface area contributed by atoms with E-state index >= 15 is 0 Å². The fourth-order valence-electron chi connectivity index (χ4n) is 2.16. The summed E-state index contributed by atoms with van der Waals surface area (Å²) in [6.45, 7) is 5.69. The Balaban J connectivity index is 2.28. The van der Waals surface area contributed by atoms with Gasteiger partial charge in [0.15, 0.2) is 5.75 Å². The van der Waals surface area contributed by atoms with Gasteiger partial charge >= 0.3 is 0 Å². The number of carbonyl (C=O) groups is 1. The first-order chi connectivity index (χ1) is 12.5. The van der Waals surface area contributed by atoms with Gasteiger partial charge in [0.05, 0.1) is 10.0 Å². The molecule has 2 aromatic carbocycles. The van der Waals surface area contributed by atoms with E-state index in [-0.39, 0.29) is 22.2 Å². The van der Waals surface area contributed by atoms with Crippen LogP contribution in [0, 0.1) is 18.3 Å². The maximum atomic E-state index is 12.4. The first-order valence-electron chi connectivity index (χ1n) is 7.67. The molecule has 0 radical (unpaired) electrons. The van der Waals surface area contributed by atoms with Crippen LogP contribution in [0.25, 0.3) is 6.08 Å². The number of carbonyl (C=O) groups excluding carboxylic acids is 1. The highest BCUT2D eigenvalue weighted by molar-refractivity contribution is 6.37. The van der Waals surface area contributed by atoms with Crippen LogP contribution in [-0.4, -0.2) is 12.5 Å². The van der Waals surface area contributed by atoms with Crippen molar-refractivity contribution < 1.29 is 9.53 Å². The number of amides is 1. The van der Waals surface area contributed by atoms with Crippen LogP contribution in [0.4, 0.5) is 5.69 Å². The molecule has 0 aliphatic carbocycles. The number of nitrogens with zero attached hydrogens (tertiary/aromatic N) is 1. The highest BCUT2D eigenvalue weighted by Crippen LogP contribution is 2.35. The minimum atomic E-state index is -0.513. The van der Waals surface area contributed by atoms with E-state index in [2.05, 4.69) is 11.9 Å². The third-order valence-corrected chi connectivity index (χ3v) is 4.00. The lowest BCUT2D eigenvalue weighted by atomic mass is 10.1. The molecule has 26 heavy (non-hydrogen) atoms. The zero-order valence-corrected chi connectivity index (χ0v) is 15.6. The quantitative estimate of drug-likeness (QED) is 0.409. The minimum absolute atomic E-state index is 0.0693. The number of benzene rings is 2. The summed E-state index contributed by atoms with van der Waals surface area (Å²) in [6, 6.07) is 12.3. The molecule has 6 heteroatoms. The molecule has 0 atom stereocenters. The molecule has 0 saturated carbocycles. The number of nitriles is 1. The Kier molecular flexibility index (Phi) is 6.85. The number of para-hydroxylation sites is 1. The molecule has 0 fully saturated rings. The third kappa shape index (κ3) is 4.89. The van der Waals surface area contributed by atoms with Crippen LogP contribution in [-0.2, 0) is 4.79 Å². The zero-order valence-electron chi connectivity index (χ0n) is 14.1. The topological polar surface area (TPSA) is 62.1 Å².